The summed E-state index contributed by atoms with van der Waals surface area (Å²) >= 11 is 0. The van der Waals surface area contributed by atoms with Crippen molar-refractivity contribution >= 4 is 11.8 Å². The van der Waals surface area contributed by atoms with Gasteiger partial charge in [-0.3, -0.25) is 9.59 Å². The standard InChI is InChI=1S/C22H23FN2O3/c1-28-16-8-9-17-18(12-16)21(27)24-19(17)13-20(26)25-22(10-2-3-11-22)14-4-6-15(23)7-5-14/h4-9,12,19H,2-3,10-11,13H2,1H3,(H,24,27)(H,25,26)/t19-/m0/s1. The molecule has 2 aromatic rings. The summed E-state index contributed by atoms with van der Waals surface area (Å²) in [5, 5.41) is 6.07. The average Bonchev–Trinajstić information content (AvgIpc) is 3.27. The molecule has 0 bridgehead atoms. The van der Waals surface area contributed by atoms with E-state index in [9.17, 15) is 14.0 Å². The van der Waals surface area contributed by atoms with Gasteiger partial charge in [0.1, 0.15) is 11.6 Å². The fraction of sp³-hybridized carbons (Fsp3) is 0.364. The molecule has 28 heavy (non-hydrogen) atoms. The van der Waals surface area contributed by atoms with Gasteiger partial charge in [-0.15, -0.1) is 0 Å². The summed E-state index contributed by atoms with van der Waals surface area (Å²) in [6.45, 7) is 0. The Balaban J connectivity index is 1.51. The second-order valence-corrected chi connectivity index (χ2v) is 7.53. The zero-order chi connectivity index (χ0) is 19.7. The molecule has 0 unspecified atom stereocenters. The van der Waals surface area contributed by atoms with Crippen molar-refractivity contribution in [3.63, 3.8) is 0 Å². The molecule has 1 atom stereocenters. The Labute approximate surface area is 163 Å². The Kier molecular flexibility index (Phi) is 4.79. The van der Waals surface area contributed by atoms with Gasteiger partial charge < -0.3 is 15.4 Å². The van der Waals surface area contributed by atoms with Gasteiger partial charge in [-0.1, -0.05) is 31.0 Å². The van der Waals surface area contributed by atoms with Gasteiger partial charge in [-0.2, -0.15) is 0 Å². The number of amides is 2. The van der Waals surface area contributed by atoms with Crippen LogP contribution in [0.15, 0.2) is 42.5 Å². The lowest BCUT2D eigenvalue weighted by Crippen LogP contribution is -2.44. The third kappa shape index (κ3) is 3.35. The van der Waals surface area contributed by atoms with Gasteiger partial charge in [0.15, 0.2) is 0 Å². The summed E-state index contributed by atoms with van der Waals surface area (Å²) < 4.78 is 18.5. The second-order valence-electron chi connectivity index (χ2n) is 7.53. The lowest BCUT2D eigenvalue weighted by molar-refractivity contribution is -0.123. The number of fused-ring (bicyclic) bond motifs is 1. The fourth-order valence-electron chi connectivity index (χ4n) is 4.37. The SMILES string of the molecule is COc1ccc2c(c1)C(=O)N[C@H]2CC(=O)NC1(c2ccc(F)cc2)CCCC1. The summed E-state index contributed by atoms with van der Waals surface area (Å²) in [7, 11) is 1.55. The first-order chi connectivity index (χ1) is 13.5. The molecule has 4 rings (SSSR count). The van der Waals surface area contributed by atoms with E-state index in [1.54, 1.807) is 31.4 Å². The molecule has 0 aromatic heterocycles. The zero-order valence-corrected chi connectivity index (χ0v) is 15.8. The monoisotopic (exact) mass is 382 g/mol. The van der Waals surface area contributed by atoms with Gasteiger partial charge in [-0.25, -0.2) is 4.39 Å². The van der Waals surface area contributed by atoms with Crippen LogP contribution in [-0.2, 0) is 10.3 Å². The van der Waals surface area contributed by atoms with E-state index < -0.39 is 5.54 Å². The number of benzene rings is 2. The molecule has 1 aliphatic carbocycles. The number of ether oxygens (including phenoxy) is 1. The molecule has 1 aliphatic heterocycles. The molecule has 6 heteroatoms. The van der Waals surface area contributed by atoms with E-state index in [0.717, 1.165) is 36.8 Å². The first kappa shape index (κ1) is 18.5. The maximum Gasteiger partial charge on any atom is 0.252 e. The van der Waals surface area contributed by atoms with Gasteiger partial charge in [-0.05, 0) is 48.2 Å². The van der Waals surface area contributed by atoms with Crippen LogP contribution in [0.3, 0.4) is 0 Å². The van der Waals surface area contributed by atoms with Crippen molar-refractivity contribution in [1.82, 2.24) is 10.6 Å². The molecule has 0 spiro atoms. The molecule has 2 amide bonds. The molecule has 2 aliphatic rings. The molecule has 0 saturated heterocycles. The highest BCUT2D eigenvalue weighted by Gasteiger charge is 2.38. The molecule has 1 saturated carbocycles. The Hall–Kier alpha value is -2.89. The number of hydrogen-bond acceptors (Lipinski definition) is 3. The number of halogens is 1. The molecule has 5 nitrogen and oxygen atoms in total. The third-order valence-electron chi connectivity index (χ3n) is 5.81. The Morgan fingerprint density at radius 2 is 1.93 bits per heavy atom. The summed E-state index contributed by atoms with van der Waals surface area (Å²) in [4.78, 5) is 25.1. The molecule has 2 aromatic carbocycles. The van der Waals surface area contributed by atoms with Crippen LogP contribution < -0.4 is 15.4 Å². The van der Waals surface area contributed by atoms with Gasteiger partial charge in [0.2, 0.25) is 5.91 Å². The van der Waals surface area contributed by atoms with Crippen molar-refractivity contribution in [3.05, 3.63) is 65.0 Å². The Morgan fingerprint density at radius 3 is 2.61 bits per heavy atom. The van der Waals surface area contributed by atoms with Crippen molar-refractivity contribution < 1.29 is 18.7 Å². The third-order valence-corrected chi connectivity index (χ3v) is 5.81. The van der Waals surface area contributed by atoms with Crippen LogP contribution in [0, 0.1) is 5.82 Å². The highest BCUT2D eigenvalue weighted by molar-refractivity contribution is 6.00. The molecule has 1 fully saturated rings. The van der Waals surface area contributed by atoms with Gasteiger partial charge in [0.05, 0.1) is 25.1 Å². The Morgan fingerprint density at radius 1 is 1.21 bits per heavy atom. The van der Waals surface area contributed by atoms with E-state index in [-0.39, 0.29) is 30.1 Å². The van der Waals surface area contributed by atoms with Crippen LogP contribution in [-0.4, -0.2) is 18.9 Å². The van der Waals surface area contributed by atoms with Gasteiger partial charge >= 0.3 is 0 Å². The number of hydrogen-bond donors (Lipinski definition) is 2. The van der Waals surface area contributed by atoms with Crippen LogP contribution in [0.4, 0.5) is 4.39 Å². The molecular weight excluding hydrogens is 359 g/mol. The zero-order valence-electron chi connectivity index (χ0n) is 15.8. The van der Waals surface area contributed by atoms with Gasteiger partial charge in [0, 0.05) is 5.56 Å². The van der Waals surface area contributed by atoms with E-state index in [2.05, 4.69) is 10.6 Å². The molecule has 0 radical (unpaired) electrons. The van der Waals surface area contributed by atoms with Crippen LogP contribution in [0.25, 0.3) is 0 Å². The topological polar surface area (TPSA) is 67.4 Å². The van der Waals surface area contributed by atoms with Crippen molar-refractivity contribution in [2.45, 2.75) is 43.7 Å². The number of carbonyl (C=O) groups excluding carboxylic acids is 2. The lowest BCUT2D eigenvalue weighted by atomic mass is 9.87. The average molecular weight is 382 g/mol. The van der Waals surface area contributed by atoms with E-state index in [4.69, 9.17) is 4.74 Å². The first-order valence-electron chi connectivity index (χ1n) is 9.57. The summed E-state index contributed by atoms with van der Waals surface area (Å²) in [5.41, 5.74) is 1.82. The number of methoxy groups -OCH3 is 1. The van der Waals surface area contributed by atoms with Crippen LogP contribution in [0.1, 0.15) is 59.6 Å². The van der Waals surface area contributed by atoms with E-state index >= 15 is 0 Å². The van der Waals surface area contributed by atoms with E-state index in [0.29, 0.717) is 11.3 Å². The second kappa shape index (κ2) is 7.26. The predicted molar refractivity (Wildman–Crippen MR) is 103 cm³/mol. The quantitative estimate of drug-likeness (QED) is 0.830. The highest BCUT2D eigenvalue weighted by Crippen LogP contribution is 2.39. The number of carbonyl (C=O) groups is 2. The van der Waals surface area contributed by atoms with Crippen molar-refractivity contribution in [2.24, 2.45) is 0 Å². The normalized spacial score (nSPS) is 19.8. The summed E-state index contributed by atoms with van der Waals surface area (Å²) in [6, 6.07) is 11.3. The van der Waals surface area contributed by atoms with Crippen molar-refractivity contribution in [1.29, 1.82) is 0 Å². The summed E-state index contributed by atoms with van der Waals surface area (Å²) in [6.07, 6.45) is 3.85. The van der Waals surface area contributed by atoms with E-state index in [1.165, 1.54) is 12.1 Å². The van der Waals surface area contributed by atoms with Crippen molar-refractivity contribution in [3.8, 4) is 5.75 Å². The predicted octanol–water partition coefficient (Wildman–Crippen LogP) is 3.59. The fourth-order valence-corrected chi connectivity index (χ4v) is 4.37. The minimum Gasteiger partial charge on any atom is -0.497 e. The highest BCUT2D eigenvalue weighted by atomic mass is 19.1. The maximum absolute atomic E-state index is 13.3. The lowest BCUT2D eigenvalue weighted by Gasteiger charge is -2.31. The van der Waals surface area contributed by atoms with Crippen LogP contribution in [0.2, 0.25) is 0 Å². The van der Waals surface area contributed by atoms with Gasteiger partial charge in [0.25, 0.3) is 5.91 Å². The molecular formula is C22H23FN2O3. The Bertz CT molecular complexity index is 904. The first-order valence-corrected chi connectivity index (χ1v) is 9.57. The smallest absolute Gasteiger partial charge is 0.252 e. The molecule has 2 N–H and O–H groups in total. The maximum atomic E-state index is 13.3. The van der Waals surface area contributed by atoms with Crippen molar-refractivity contribution in [2.75, 3.05) is 7.11 Å². The minimum atomic E-state index is -0.462. The van der Waals surface area contributed by atoms with Crippen LogP contribution >= 0.6 is 0 Å². The van der Waals surface area contributed by atoms with Crippen LogP contribution in [0.5, 0.6) is 5.75 Å². The van der Waals surface area contributed by atoms with E-state index in [1.807, 2.05) is 6.07 Å². The summed E-state index contributed by atoms with van der Waals surface area (Å²) in [5.74, 6) is 0.00477. The molecule has 146 valence electrons. The molecule has 1 heterocycles. The largest absolute Gasteiger partial charge is 0.497 e. The minimum absolute atomic E-state index is 0.125. The number of rotatable bonds is 5. The number of nitrogens with one attached hydrogen (secondary N) is 2.